The van der Waals surface area contributed by atoms with Crippen LogP contribution in [0.3, 0.4) is 0 Å². The zero-order chi connectivity index (χ0) is 12.3. The SMILES string of the molecule is C#CC(C)(C)NC(=O)c1ccc(O)c(C)c1. The van der Waals surface area contributed by atoms with E-state index in [2.05, 4.69) is 11.2 Å². The third-order valence-corrected chi connectivity index (χ3v) is 2.25. The number of carbonyl (C=O) groups excluding carboxylic acids is 1. The smallest absolute Gasteiger partial charge is 0.252 e. The van der Waals surface area contributed by atoms with E-state index < -0.39 is 5.54 Å². The molecule has 0 aromatic heterocycles. The van der Waals surface area contributed by atoms with Crippen molar-refractivity contribution in [2.24, 2.45) is 0 Å². The van der Waals surface area contributed by atoms with Gasteiger partial charge in [0.25, 0.3) is 5.91 Å². The van der Waals surface area contributed by atoms with Crippen molar-refractivity contribution in [3.8, 4) is 18.1 Å². The molecule has 0 bridgehead atoms. The summed E-state index contributed by atoms with van der Waals surface area (Å²) in [7, 11) is 0. The summed E-state index contributed by atoms with van der Waals surface area (Å²) in [6.07, 6.45) is 5.28. The first-order valence-corrected chi connectivity index (χ1v) is 4.95. The molecule has 84 valence electrons. The molecule has 1 aromatic carbocycles. The molecule has 0 spiro atoms. The van der Waals surface area contributed by atoms with Gasteiger partial charge in [0.05, 0.1) is 5.54 Å². The van der Waals surface area contributed by atoms with Crippen LogP contribution >= 0.6 is 0 Å². The maximum absolute atomic E-state index is 11.8. The first-order chi connectivity index (χ1) is 7.35. The summed E-state index contributed by atoms with van der Waals surface area (Å²) in [5.74, 6) is 2.42. The molecule has 0 aliphatic heterocycles. The summed E-state index contributed by atoms with van der Waals surface area (Å²) in [5.41, 5.74) is 0.466. The molecule has 1 amide bonds. The van der Waals surface area contributed by atoms with Crippen LogP contribution in [0.5, 0.6) is 5.75 Å². The van der Waals surface area contributed by atoms with Crippen molar-refractivity contribution in [3.63, 3.8) is 0 Å². The number of nitrogens with one attached hydrogen (secondary N) is 1. The lowest BCUT2D eigenvalue weighted by molar-refractivity contribution is 0.0930. The fourth-order valence-corrected chi connectivity index (χ4v) is 1.19. The number of carbonyl (C=O) groups is 1. The summed E-state index contributed by atoms with van der Waals surface area (Å²) in [6.45, 7) is 5.23. The van der Waals surface area contributed by atoms with Gasteiger partial charge in [0.15, 0.2) is 0 Å². The Balaban J connectivity index is 2.91. The van der Waals surface area contributed by atoms with Gasteiger partial charge < -0.3 is 10.4 Å². The highest BCUT2D eigenvalue weighted by Crippen LogP contribution is 2.17. The number of aromatic hydroxyl groups is 1. The highest BCUT2D eigenvalue weighted by Gasteiger charge is 2.18. The van der Waals surface area contributed by atoms with Crippen molar-refractivity contribution in [2.75, 3.05) is 0 Å². The summed E-state index contributed by atoms with van der Waals surface area (Å²) in [5, 5.41) is 12.1. The van der Waals surface area contributed by atoms with Crippen molar-refractivity contribution in [2.45, 2.75) is 26.3 Å². The van der Waals surface area contributed by atoms with Crippen LogP contribution < -0.4 is 5.32 Å². The van der Waals surface area contributed by atoms with E-state index in [1.165, 1.54) is 6.07 Å². The minimum atomic E-state index is -0.678. The van der Waals surface area contributed by atoms with Crippen LogP contribution in [0.4, 0.5) is 0 Å². The Hall–Kier alpha value is -1.95. The molecular formula is C13H15NO2. The van der Waals surface area contributed by atoms with Gasteiger partial charge >= 0.3 is 0 Å². The first kappa shape index (κ1) is 12.1. The van der Waals surface area contributed by atoms with Crippen LogP contribution in [0.15, 0.2) is 18.2 Å². The second-order valence-electron chi connectivity index (χ2n) is 4.22. The molecule has 1 rings (SSSR count). The van der Waals surface area contributed by atoms with Gasteiger partial charge in [-0.3, -0.25) is 4.79 Å². The monoisotopic (exact) mass is 217 g/mol. The van der Waals surface area contributed by atoms with E-state index in [0.29, 0.717) is 11.1 Å². The van der Waals surface area contributed by atoms with Gasteiger partial charge in [-0.15, -0.1) is 6.42 Å². The second kappa shape index (κ2) is 4.28. The number of rotatable bonds is 2. The number of hydrogen-bond acceptors (Lipinski definition) is 2. The Morgan fingerprint density at radius 1 is 1.50 bits per heavy atom. The van der Waals surface area contributed by atoms with Crippen molar-refractivity contribution < 1.29 is 9.90 Å². The highest BCUT2D eigenvalue weighted by atomic mass is 16.3. The van der Waals surface area contributed by atoms with E-state index >= 15 is 0 Å². The molecule has 0 atom stereocenters. The predicted molar refractivity (Wildman–Crippen MR) is 63.2 cm³/mol. The van der Waals surface area contributed by atoms with Crippen molar-refractivity contribution >= 4 is 5.91 Å². The quantitative estimate of drug-likeness (QED) is 0.743. The molecule has 0 aliphatic rings. The van der Waals surface area contributed by atoms with Gasteiger partial charge in [0, 0.05) is 5.56 Å². The summed E-state index contributed by atoms with van der Waals surface area (Å²) in [6, 6.07) is 4.68. The van der Waals surface area contributed by atoms with Crippen molar-refractivity contribution in [1.82, 2.24) is 5.32 Å². The Morgan fingerprint density at radius 2 is 2.12 bits per heavy atom. The Morgan fingerprint density at radius 3 is 2.62 bits per heavy atom. The fraction of sp³-hybridized carbons (Fsp3) is 0.308. The number of amides is 1. The summed E-state index contributed by atoms with van der Waals surface area (Å²) >= 11 is 0. The average molecular weight is 217 g/mol. The minimum absolute atomic E-state index is 0.174. The molecule has 0 unspecified atom stereocenters. The van der Waals surface area contributed by atoms with Gasteiger partial charge in [-0.05, 0) is 44.5 Å². The van der Waals surface area contributed by atoms with E-state index in [-0.39, 0.29) is 11.7 Å². The molecule has 0 saturated carbocycles. The summed E-state index contributed by atoms with van der Waals surface area (Å²) < 4.78 is 0. The molecule has 1 aromatic rings. The van der Waals surface area contributed by atoms with E-state index in [4.69, 9.17) is 6.42 Å². The van der Waals surface area contributed by atoms with Gasteiger partial charge in [0.2, 0.25) is 0 Å². The Kier molecular flexibility index (Phi) is 3.24. The molecule has 16 heavy (non-hydrogen) atoms. The lowest BCUT2D eigenvalue weighted by atomic mass is 10.1. The molecule has 3 nitrogen and oxygen atoms in total. The van der Waals surface area contributed by atoms with Gasteiger partial charge in [-0.1, -0.05) is 5.92 Å². The second-order valence-corrected chi connectivity index (χ2v) is 4.22. The van der Waals surface area contributed by atoms with Crippen molar-refractivity contribution in [3.05, 3.63) is 29.3 Å². The van der Waals surface area contributed by atoms with Crippen LogP contribution in [0.1, 0.15) is 29.8 Å². The van der Waals surface area contributed by atoms with Crippen LogP contribution in [0, 0.1) is 19.3 Å². The van der Waals surface area contributed by atoms with E-state index in [0.717, 1.165) is 0 Å². The predicted octanol–water partition coefficient (Wildman–Crippen LogP) is 1.84. The standard InChI is InChI=1S/C13H15NO2/c1-5-13(3,4)14-12(16)10-6-7-11(15)9(2)8-10/h1,6-8,15H,2-4H3,(H,14,16). The normalized spacial score (nSPS) is 10.6. The number of phenolic OH excluding ortho intramolecular Hbond substituents is 1. The fourth-order valence-electron chi connectivity index (χ4n) is 1.19. The number of aryl methyl sites for hydroxylation is 1. The highest BCUT2D eigenvalue weighted by molar-refractivity contribution is 5.95. The number of phenols is 1. The average Bonchev–Trinajstić information content (AvgIpc) is 2.21. The summed E-state index contributed by atoms with van der Waals surface area (Å²) in [4.78, 5) is 11.8. The molecule has 0 radical (unpaired) electrons. The Bertz CT molecular complexity index is 455. The maximum atomic E-state index is 11.8. The number of benzene rings is 1. The zero-order valence-corrected chi connectivity index (χ0v) is 9.66. The molecule has 3 heteroatoms. The molecule has 0 aliphatic carbocycles. The van der Waals surface area contributed by atoms with Crippen molar-refractivity contribution in [1.29, 1.82) is 0 Å². The van der Waals surface area contributed by atoms with Crippen LogP contribution in [-0.4, -0.2) is 16.6 Å². The van der Waals surface area contributed by atoms with E-state index in [1.54, 1.807) is 32.9 Å². The number of hydrogen-bond donors (Lipinski definition) is 2. The third-order valence-electron chi connectivity index (χ3n) is 2.25. The Labute approximate surface area is 95.5 Å². The van der Waals surface area contributed by atoms with Gasteiger partial charge in [-0.25, -0.2) is 0 Å². The minimum Gasteiger partial charge on any atom is -0.508 e. The largest absolute Gasteiger partial charge is 0.508 e. The number of terminal acetylenes is 1. The lowest BCUT2D eigenvalue weighted by Crippen LogP contribution is -2.42. The van der Waals surface area contributed by atoms with E-state index in [1.807, 2.05) is 0 Å². The van der Waals surface area contributed by atoms with Crippen LogP contribution in [-0.2, 0) is 0 Å². The molecule has 0 saturated heterocycles. The molecule has 2 N–H and O–H groups in total. The zero-order valence-electron chi connectivity index (χ0n) is 9.66. The molecular weight excluding hydrogens is 202 g/mol. The topological polar surface area (TPSA) is 49.3 Å². The molecule has 0 heterocycles. The van der Waals surface area contributed by atoms with Crippen LogP contribution in [0.2, 0.25) is 0 Å². The van der Waals surface area contributed by atoms with Crippen LogP contribution in [0.25, 0.3) is 0 Å². The first-order valence-electron chi connectivity index (χ1n) is 4.95. The third kappa shape index (κ3) is 2.77. The van der Waals surface area contributed by atoms with Gasteiger partial charge in [-0.2, -0.15) is 0 Å². The molecule has 0 fully saturated rings. The lowest BCUT2D eigenvalue weighted by Gasteiger charge is -2.19. The maximum Gasteiger partial charge on any atom is 0.252 e. The van der Waals surface area contributed by atoms with E-state index in [9.17, 15) is 9.90 Å². The van der Waals surface area contributed by atoms with Gasteiger partial charge in [0.1, 0.15) is 5.75 Å².